The summed E-state index contributed by atoms with van der Waals surface area (Å²) in [5.41, 5.74) is 0. The van der Waals surface area contributed by atoms with Gasteiger partial charge in [-0.15, -0.1) is 0 Å². The molecular weight excluding hydrogens is 128 g/mol. The van der Waals surface area contributed by atoms with E-state index < -0.39 is 0 Å². The smallest absolute Gasteiger partial charge is 0.233 e. The number of rotatable bonds is 5. The maximum atomic E-state index is 5.26. The van der Waals surface area contributed by atoms with Crippen molar-refractivity contribution in [2.45, 2.75) is 26.3 Å². The van der Waals surface area contributed by atoms with E-state index in [2.05, 4.69) is 19.1 Å². The fourth-order valence-electron chi connectivity index (χ4n) is 0.399. The largest absolute Gasteiger partial charge is 0.417 e. The van der Waals surface area contributed by atoms with Gasteiger partial charge in [-0.05, 0) is 19.4 Å². The molecule has 2 radical (unpaired) electrons. The van der Waals surface area contributed by atoms with E-state index in [1.807, 2.05) is 6.92 Å². The van der Waals surface area contributed by atoms with Crippen molar-refractivity contribution in [3.63, 3.8) is 0 Å². The average molecular weight is 142 g/mol. The van der Waals surface area contributed by atoms with Gasteiger partial charge in [-0.1, -0.05) is 19.1 Å². The van der Waals surface area contributed by atoms with Crippen LogP contribution in [0.15, 0.2) is 12.2 Å². The highest BCUT2D eigenvalue weighted by molar-refractivity contribution is 6.27. The second-order valence-electron chi connectivity index (χ2n) is 1.77. The minimum atomic E-state index is 0.659. The van der Waals surface area contributed by atoms with Crippen molar-refractivity contribution in [2.24, 2.45) is 0 Å². The first-order chi connectivity index (χ1) is 4.41. The quantitative estimate of drug-likeness (QED) is 0.324. The SMILES string of the molecule is C/C=C/C[Si]OCCC. The molecule has 0 spiro atoms. The van der Waals surface area contributed by atoms with Gasteiger partial charge in [0.05, 0.1) is 0 Å². The second-order valence-corrected chi connectivity index (χ2v) is 2.75. The summed E-state index contributed by atoms with van der Waals surface area (Å²) in [5.74, 6) is 0. The molecule has 0 fully saturated rings. The zero-order chi connectivity index (χ0) is 6.95. The molecule has 0 aromatic carbocycles. The average Bonchev–Trinajstić information content (AvgIpc) is 1.89. The number of allylic oxidation sites excluding steroid dienone is 2. The van der Waals surface area contributed by atoms with Crippen LogP contribution in [0.1, 0.15) is 20.3 Å². The Morgan fingerprint density at radius 3 is 2.89 bits per heavy atom. The van der Waals surface area contributed by atoms with Gasteiger partial charge in [0.15, 0.2) is 0 Å². The fraction of sp³-hybridized carbons (Fsp3) is 0.714. The molecule has 2 heteroatoms. The molecule has 9 heavy (non-hydrogen) atoms. The van der Waals surface area contributed by atoms with Crippen LogP contribution >= 0.6 is 0 Å². The molecule has 0 aliphatic heterocycles. The maximum absolute atomic E-state index is 5.26. The first kappa shape index (κ1) is 8.92. The van der Waals surface area contributed by atoms with E-state index in [1.54, 1.807) is 0 Å². The normalized spacial score (nSPS) is 10.9. The predicted molar refractivity (Wildman–Crippen MR) is 41.6 cm³/mol. The Hall–Kier alpha value is -0.0831. The highest BCUT2D eigenvalue weighted by Gasteiger charge is 1.84. The molecule has 0 heterocycles. The molecule has 0 saturated carbocycles. The lowest BCUT2D eigenvalue weighted by molar-refractivity contribution is 0.336. The van der Waals surface area contributed by atoms with E-state index in [0.717, 1.165) is 19.1 Å². The standard InChI is InChI=1S/C7H14OSi/c1-3-5-7-9-8-6-4-2/h3,5H,4,6-7H2,1-2H3/b5-3+. The van der Waals surface area contributed by atoms with Crippen LogP contribution in [-0.2, 0) is 4.43 Å². The van der Waals surface area contributed by atoms with Crippen LogP contribution in [0.3, 0.4) is 0 Å². The highest BCUT2D eigenvalue weighted by Crippen LogP contribution is 1.84. The first-order valence-electron chi connectivity index (χ1n) is 3.37. The maximum Gasteiger partial charge on any atom is 0.233 e. The van der Waals surface area contributed by atoms with E-state index in [1.165, 1.54) is 0 Å². The summed E-state index contributed by atoms with van der Waals surface area (Å²) in [6, 6.07) is 1.08. The lowest BCUT2D eigenvalue weighted by atomic mass is 10.5. The molecule has 0 saturated heterocycles. The summed E-state index contributed by atoms with van der Waals surface area (Å²) in [4.78, 5) is 0. The summed E-state index contributed by atoms with van der Waals surface area (Å²) in [6.45, 7) is 5.07. The number of hydrogen-bond donors (Lipinski definition) is 0. The van der Waals surface area contributed by atoms with E-state index >= 15 is 0 Å². The molecule has 0 atom stereocenters. The van der Waals surface area contributed by atoms with Gasteiger partial charge < -0.3 is 4.43 Å². The Morgan fingerprint density at radius 1 is 1.56 bits per heavy atom. The van der Waals surface area contributed by atoms with Gasteiger partial charge in [-0.2, -0.15) is 0 Å². The van der Waals surface area contributed by atoms with Gasteiger partial charge in [0, 0.05) is 6.61 Å². The summed E-state index contributed by atoms with van der Waals surface area (Å²) in [7, 11) is 0.659. The van der Waals surface area contributed by atoms with Crippen molar-refractivity contribution in [3.8, 4) is 0 Å². The predicted octanol–water partition coefficient (Wildman–Crippen LogP) is 2.03. The second kappa shape index (κ2) is 7.92. The zero-order valence-electron chi connectivity index (χ0n) is 6.18. The Kier molecular flexibility index (Phi) is 7.84. The van der Waals surface area contributed by atoms with Gasteiger partial charge in [0.1, 0.15) is 0 Å². The molecule has 0 N–H and O–H groups in total. The van der Waals surface area contributed by atoms with Crippen LogP contribution in [0.2, 0.25) is 6.04 Å². The van der Waals surface area contributed by atoms with Crippen molar-refractivity contribution in [1.29, 1.82) is 0 Å². The Labute approximate surface area is 60.1 Å². The minimum absolute atomic E-state index is 0.659. The monoisotopic (exact) mass is 142 g/mol. The summed E-state index contributed by atoms with van der Waals surface area (Å²) in [5, 5.41) is 0. The van der Waals surface area contributed by atoms with Crippen LogP contribution in [0, 0.1) is 0 Å². The third kappa shape index (κ3) is 7.92. The van der Waals surface area contributed by atoms with Crippen LogP contribution in [0.4, 0.5) is 0 Å². The lowest BCUT2D eigenvalue weighted by Gasteiger charge is -1.94. The van der Waals surface area contributed by atoms with E-state index in [0.29, 0.717) is 9.76 Å². The van der Waals surface area contributed by atoms with Gasteiger partial charge in [0.2, 0.25) is 9.76 Å². The van der Waals surface area contributed by atoms with Crippen molar-refractivity contribution >= 4 is 9.76 Å². The molecule has 0 aromatic rings. The van der Waals surface area contributed by atoms with Gasteiger partial charge in [-0.25, -0.2) is 0 Å². The lowest BCUT2D eigenvalue weighted by Crippen LogP contribution is -1.97. The molecule has 1 nitrogen and oxygen atoms in total. The van der Waals surface area contributed by atoms with E-state index in [9.17, 15) is 0 Å². The third-order valence-corrected chi connectivity index (χ3v) is 1.66. The Bertz CT molecular complexity index is 71.3. The molecule has 0 aliphatic rings. The highest BCUT2D eigenvalue weighted by atomic mass is 28.2. The molecule has 0 bridgehead atoms. The molecule has 0 amide bonds. The summed E-state index contributed by atoms with van der Waals surface area (Å²) < 4.78 is 5.26. The van der Waals surface area contributed by atoms with Crippen molar-refractivity contribution in [3.05, 3.63) is 12.2 Å². The van der Waals surface area contributed by atoms with E-state index in [-0.39, 0.29) is 0 Å². The fourth-order valence-corrected chi connectivity index (χ4v) is 1.20. The van der Waals surface area contributed by atoms with Gasteiger partial charge >= 0.3 is 0 Å². The molecule has 52 valence electrons. The molecular formula is C7H14OSi. The number of hydrogen-bond acceptors (Lipinski definition) is 1. The van der Waals surface area contributed by atoms with Crippen LogP contribution < -0.4 is 0 Å². The zero-order valence-corrected chi connectivity index (χ0v) is 7.18. The summed E-state index contributed by atoms with van der Waals surface area (Å²) >= 11 is 0. The van der Waals surface area contributed by atoms with Crippen molar-refractivity contribution < 1.29 is 4.43 Å². The van der Waals surface area contributed by atoms with Gasteiger partial charge in [0.25, 0.3) is 0 Å². The Morgan fingerprint density at radius 2 is 2.33 bits per heavy atom. The molecule has 0 unspecified atom stereocenters. The third-order valence-electron chi connectivity index (χ3n) is 0.845. The van der Waals surface area contributed by atoms with Crippen LogP contribution in [-0.4, -0.2) is 16.4 Å². The van der Waals surface area contributed by atoms with Crippen LogP contribution in [0.5, 0.6) is 0 Å². The molecule has 0 aliphatic carbocycles. The Balaban J connectivity index is 2.75. The van der Waals surface area contributed by atoms with Crippen molar-refractivity contribution in [1.82, 2.24) is 0 Å². The van der Waals surface area contributed by atoms with Crippen LogP contribution in [0.25, 0.3) is 0 Å². The minimum Gasteiger partial charge on any atom is -0.417 e. The molecule has 0 rings (SSSR count). The topological polar surface area (TPSA) is 9.23 Å². The van der Waals surface area contributed by atoms with Gasteiger partial charge in [-0.3, -0.25) is 0 Å². The first-order valence-corrected chi connectivity index (χ1v) is 4.49. The summed E-state index contributed by atoms with van der Waals surface area (Å²) in [6.07, 6.45) is 5.32. The van der Waals surface area contributed by atoms with Crippen molar-refractivity contribution in [2.75, 3.05) is 6.61 Å². The molecule has 0 aromatic heterocycles. The van der Waals surface area contributed by atoms with E-state index in [4.69, 9.17) is 4.43 Å².